The minimum atomic E-state index is -0.357. The molecule has 2 amide bonds. The summed E-state index contributed by atoms with van der Waals surface area (Å²) in [6.45, 7) is 0.516. The Bertz CT molecular complexity index is 521. The Hall–Kier alpha value is -1.18. The van der Waals surface area contributed by atoms with Gasteiger partial charge in [-0.2, -0.15) is 0 Å². The zero-order valence-corrected chi connectivity index (χ0v) is 12.6. The molecule has 6 heteroatoms. The van der Waals surface area contributed by atoms with Gasteiger partial charge in [0.2, 0.25) is 5.91 Å². The maximum atomic E-state index is 13.0. The molecule has 0 saturated carbocycles. The van der Waals surface area contributed by atoms with Crippen molar-refractivity contribution in [3.63, 3.8) is 0 Å². The van der Waals surface area contributed by atoms with Gasteiger partial charge in [-0.15, -0.1) is 0 Å². The Labute approximate surface area is 124 Å². The van der Waals surface area contributed by atoms with Crippen LogP contribution in [0.2, 0.25) is 0 Å². The third-order valence-electron chi connectivity index (χ3n) is 3.14. The van der Waals surface area contributed by atoms with Crippen LogP contribution in [-0.2, 0) is 4.79 Å². The summed E-state index contributed by atoms with van der Waals surface area (Å²) in [4.78, 5) is 25.1. The maximum absolute atomic E-state index is 13.0. The standard InChI is InChI=1S/C13H14FIN2O2/c1-17-7-9(3-5-12(17)18)16-13(19)10-4-2-8(14)6-11(10)15/h2,4,6,9H,3,5,7H2,1H3,(H,16,19). The number of nitrogens with one attached hydrogen (secondary N) is 1. The minimum absolute atomic E-state index is 0.0453. The number of hydrogen-bond acceptors (Lipinski definition) is 2. The molecular weight excluding hydrogens is 362 g/mol. The predicted molar refractivity (Wildman–Crippen MR) is 77.2 cm³/mol. The number of benzene rings is 1. The van der Waals surface area contributed by atoms with Crippen LogP contribution in [0.3, 0.4) is 0 Å². The Kier molecular flexibility index (Phi) is 4.38. The lowest BCUT2D eigenvalue weighted by Crippen LogP contribution is -2.48. The average Bonchev–Trinajstić information content (AvgIpc) is 2.33. The molecular formula is C13H14FIN2O2. The number of amides is 2. The second-order valence-corrected chi connectivity index (χ2v) is 5.77. The molecule has 4 nitrogen and oxygen atoms in total. The van der Waals surface area contributed by atoms with Gasteiger partial charge >= 0.3 is 0 Å². The van der Waals surface area contributed by atoms with Gasteiger partial charge in [-0.3, -0.25) is 9.59 Å². The summed E-state index contributed by atoms with van der Waals surface area (Å²) in [6, 6.07) is 4.03. The lowest BCUT2D eigenvalue weighted by atomic mass is 10.1. The first kappa shape index (κ1) is 14.2. The van der Waals surface area contributed by atoms with Crippen molar-refractivity contribution < 1.29 is 14.0 Å². The van der Waals surface area contributed by atoms with Crippen LogP contribution in [0.4, 0.5) is 4.39 Å². The fourth-order valence-corrected chi connectivity index (χ4v) is 2.79. The van der Waals surface area contributed by atoms with Crippen molar-refractivity contribution in [3.8, 4) is 0 Å². The third-order valence-corrected chi connectivity index (χ3v) is 4.03. The highest BCUT2D eigenvalue weighted by Crippen LogP contribution is 2.15. The smallest absolute Gasteiger partial charge is 0.252 e. The highest BCUT2D eigenvalue weighted by Gasteiger charge is 2.24. The molecule has 1 atom stereocenters. The monoisotopic (exact) mass is 376 g/mol. The number of nitrogens with zero attached hydrogens (tertiary/aromatic N) is 1. The fourth-order valence-electron chi connectivity index (χ4n) is 2.07. The van der Waals surface area contributed by atoms with E-state index in [-0.39, 0.29) is 23.7 Å². The SMILES string of the molecule is CN1CC(NC(=O)c2ccc(F)cc2I)CCC1=O. The molecule has 1 fully saturated rings. The first-order valence-corrected chi connectivity index (χ1v) is 7.05. The number of likely N-dealkylation sites (N-methyl/N-ethyl adjacent to an activating group) is 1. The average molecular weight is 376 g/mol. The van der Waals surface area contributed by atoms with Gasteiger partial charge in [0.25, 0.3) is 5.91 Å². The van der Waals surface area contributed by atoms with Gasteiger partial charge in [0.15, 0.2) is 0 Å². The number of halogens is 2. The first-order chi connectivity index (χ1) is 8.97. The van der Waals surface area contributed by atoms with Crippen molar-refractivity contribution in [2.24, 2.45) is 0 Å². The van der Waals surface area contributed by atoms with Gasteiger partial charge in [0.1, 0.15) is 5.82 Å². The molecule has 19 heavy (non-hydrogen) atoms. The normalized spacial score (nSPS) is 19.4. The van der Waals surface area contributed by atoms with Crippen molar-refractivity contribution in [2.75, 3.05) is 13.6 Å². The summed E-state index contributed by atoms with van der Waals surface area (Å²) in [5.74, 6) is -0.483. The van der Waals surface area contributed by atoms with Gasteiger partial charge in [-0.1, -0.05) is 0 Å². The molecule has 1 N–H and O–H groups in total. The van der Waals surface area contributed by atoms with Crippen molar-refractivity contribution in [2.45, 2.75) is 18.9 Å². The second kappa shape index (κ2) is 5.85. The molecule has 102 valence electrons. The lowest BCUT2D eigenvalue weighted by Gasteiger charge is -2.30. The van der Waals surface area contributed by atoms with Gasteiger partial charge < -0.3 is 10.2 Å². The van der Waals surface area contributed by atoms with Gasteiger partial charge in [-0.25, -0.2) is 4.39 Å². The topological polar surface area (TPSA) is 49.4 Å². The van der Waals surface area contributed by atoms with E-state index < -0.39 is 0 Å². The van der Waals surface area contributed by atoms with Gasteiger partial charge in [0, 0.05) is 29.6 Å². The van der Waals surface area contributed by atoms with Crippen molar-refractivity contribution in [1.82, 2.24) is 10.2 Å². The molecule has 0 aliphatic carbocycles. The molecule has 1 aromatic rings. The van der Waals surface area contributed by atoms with Gasteiger partial charge in [0.05, 0.1) is 5.56 Å². The van der Waals surface area contributed by atoms with Crippen LogP contribution in [0.15, 0.2) is 18.2 Å². The first-order valence-electron chi connectivity index (χ1n) is 5.97. The number of hydrogen-bond donors (Lipinski definition) is 1. The van der Waals surface area contributed by atoms with Crippen LogP contribution in [0.5, 0.6) is 0 Å². The van der Waals surface area contributed by atoms with Gasteiger partial charge in [-0.05, 0) is 47.2 Å². The number of likely N-dealkylation sites (tertiary alicyclic amines) is 1. The molecule has 1 aliphatic heterocycles. The molecule has 0 bridgehead atoms. The Morgan fingerprint density at radius 1 is 1.53 bits per heavy atom. The van der Waals surface area contributed by atoms with E-state index in [0.717, 1.165) is 0 Å². The van der Waals surface area contributed by atoms with Crippen LogP contribution in [0, 0.1) is 9.39 Å². The molecule has 1 heterocycles. The Morgan fingerprint density at radius 2 is 2.26 bits per heavy atom. The summed E-state index contributed by atoms with van der Waals surface area (Å²) in [5, 5.41) is 2.89. The Morgan fingerprint density at radius 3 is 2.89 bits per heavy atom. The van der Waals surface area contributed by atoms with E-state index in [0.29, 0.717) is 28.5 Å². The van der Waals surface area contributed by atoms with E-state index in [1.807, 2.05) is 22.6 Å². The van der Waals surface area contributed by atoms with Crippen molar-refractivity contribution >= 4 is 34.4 Å². The van der Waals surface area contributed by atoms with Crippen molar-refractivity contribution in [3.05, 3.63) is 33.1 Å². The molecule has 1 aliphatic rings. The summed E-state index contributed by atoms with van der Waals surface area (Å²) >= 11 is 1.94. The molecule has 0 spiro atoms. The zero-order chi connectivity index (χ0) is 14.0. The molecule has 0 radical (unpaired) electrons. The summed E-state index contributed by atoms with van der Waals surface area (Å²) < 4.78 is 13.6. The van der Waals surface area contributed by atoms with Crippen LogP contribution < -0.4 is 5.32 Å². The summed E-state index contributed by atoms with van der Waals surface area (Å²) in [5.41, 5.74) is 0.460. The summed E-state index contributed by atoms with van der Waals surface area (Å²) in [7, 11) is 1.72. The molecule has 1 unspecified atom stereocenters. The van der Waals surface area contributed by atoms with E-state index in [1.54, 1.807) is 11.9 Å². The number of carbonyl (C=O) groups is 2. The lowest BCUT2D eigenvalue weighted by molar-refractivity contribution is -0.132. The molecule has 2 rings (SSSR count). The molecule has 0 aromatic heterocycles. The quantitative estimate of drug-likeness (QED) is 0.801. The maximum Gasteiger partial charge on any atom is 0.252 e. The third kappa shape index (κ3) is 3.43. The fraction of sp³-hybridized carbons (Fsp3) is 0.385. The van der Waals surface area contributed by atoms with Crippen LogP contribution >= 0.6 is 22.6 Å². The van der Waals surface area contributed by atoms with Crippen molar-refractivity contribution in [1.29, 1.82) is 0 Å². The molecule has 1 saturated heterocycles. The van der Waals surface area contributed by atoms with E-state index in [1.165, 1.54) is 18.2 Å². The van der Waals surface area contributed by atoms with E-state index >= 15 is 0 Å². The Balaban J connectivity index is 2.03. The number of rotatable bonds is 2. The van der Waals surface area contributed by atoms with E-state index in [9.17, 15) is 14.0 Å². The molecule has 1 aromatic carbocycles. The summed E-state index contributed by atoms with van der Waals surface area (Å²) in [6.07, 6.45) is 1.09. The largest absolute Gasteiger partial charge is 0.347 e. The van der Waals surface area contributed by atoms with E-state index in [4.69, 9.17) is 0 Å². The van der Waals surface area contributed by atoms with E-state index in [2.05, 4.69) is 5.32 Å². The zero-order valence-electron chi connectivity index (χ0n) is 10.5. The highest BCUT2D eigenvalue weighted by atomic mass is 127. The highest BCUT2D eigenvalue weighted by molar-refractivity contribution is 14.1. The van der Waals surface area contributed by atoms with Crippen LogP contribution in [-0.4, -0.2) is 36.3 Å². The minimum Gasteiger partial charge on any atom is -0.347 e. The van der Waals surface area contributed by atoms with Crippen LogP contribution in [0.25, 0.3) is 0 Å². The number of carbonyl (C=O) groups excluding carboxylic acids is 2. The number of piperidine rings is 1. The predicted octanol–water partition coefficient (Wildman–Crippen LogP) is 1.78. The van der Waals surface area contributed by atoms with Crippen LogP contribution in [0.1, 0.15) is 23.2 Å². The second-order valence-electron chi connectivity index (χ2n) is 4.61.